The second-order valence-corrected chi connectivity index (χ2v) is 8.47. The molecule has 0 radical (unpaired) electrons. The summed E-state index contributed by atoms with van der Waals surface area (Å²) in [6, 6.07) is 9.17. The number of nitrogens with one attached hydrogen (secondary N) is 1. The third-order valence-corrected chi connectivity index (χ3v) is 6.40. The van der Waals surface area contributed by atoms with Crippen LogP contribution in [-0.2, 0) is 6.42 Å². The van der Waals surface area contributed by atoms with Crippen molar-refractivity contribution in [1.29, 1.82) is 0 Å². The smallest absolute Gasteiger partial charge is 0.319 e. The number of hydrogen-bond donors (Lipinski definition) is 1. The van der Waals surface area contributed by atoms with Gasteiger partial charge in [0.2, 0.25) is 0 Å². The summed E-state index contributed by atoms with van der Waals surface area (Å²) in [7, 11) is 0. The minimum atomic E-state index is -0.509. The molecule has 0 saturated heterocycles. The summed E-state index contributed by atoms with van der Waals surface area (Å²) in [5.41, 5.74) is 5.26. The quantitative estimate of drug-likeness (QED) is 0.453. The van der Waals surface area contributed by atoms with Crippen molar-refractivity contribution in [2.24, 2.45) is 0 Å². The number of halogens is 1. The molecule has 164 valence electrons. The summed E-state index contributed by atoms with van der Waals surface area (Å²) < 4.78 is 22.1. The van der Waals surface area contributed by atoms with Crippen molar-refractivity contribution < 1.29 is 8.81 Å². The van der Waals surface area contributed by atoms with Gasteiger partial charge in [0, 0.05) is 31.1 Å². The number of hydrogen-bond acceptors (Lipinski definition) is 7. The third kappa shape index (κ3) is 2.94. The minimum absolute atomic E-state index is 0.0343. The number of aromatic nitrogens is 7. The highest BCUT2D eigenvalue weighted by atomic mass is 19.1. The van der Waals surface area contributed by atoms with Gasteiger partial charge >= 0.3 is 6.01 Å². The van der Waals surface area contributed by atoms with Crippen LogP contribution in [0, 0.1) is 5.82 Å². The van der Waals surface area contributed by atoms with E-state index in [4.69, 9.17) is 9.52 Å². The summed E-state index contributed by atoms with van der Waals surface area (Å²) in [5.74, 6) is 0.138. The van der Waals surface area contributed by atoms with Gasteiger partial charge in [-0.2, -0.15) is 5.10 Å². The van der Waals surface area contributed by atoms with Crippen molar-refractivity contribution in [2.75, 3.05) is 11.4 Å². The zero-order valence-electron chi connectivity index (χ0n) is 17.5. The summed E-state index contributed by atoms with van der Waals surface area (Å²) in [5, 5.41) is 13.2. The van der Waals surface area contributed by atoms with Gasteiger partial charge in [-0.25, -0.2) is 18.9 Å². The van der Waals surface area contributed by atoms with Crippen LogP contribution in [0.15, 0.2) is 53.5 Å². The van der Waals surface area contributed by atoms with Crippen molar-refractivity contribution in [1.82, 2.24) is 34.8 Å². The lowest BCUT2D eigenvalue weighted by atomic mass is 10.00. The Bertz CT molecular complexity index is 1480. The molecule has 10 heteroatoms. The van der Waals surface area contributed by atoms with Gasteiger partial charge in [-0.1, -0.05) is 11.2 Å². The number of fused-ring (bicyclic) bond motifs is 2. The van der Waals surface area contributed by atoms with Gasteiger partial charge in [0.25, 0.3) is 5.89 Å². The second kappa shape index (κ2) is 6.96. The molecular formula is C23H19FN8O. The van der Waals surface area contributed by atoms with Gasteiger partial charge in [0.1, 0.15) is 6.04 Å². The summed E-state index contributed by atoms with van der Waals surface area (Å²) >= 11 is 0. The highest BCUT2D eigenvalue weighted by molar-refractivity contribution is 5.60. The van der Waals surface area contributed by atoms with E-state index in [1.165, 1.54) is 36.7 Å². The Kier molecular flexibility index (Phi) is 3.90. The van der Waals surface area contributed by atoms with Crippen LogP contribution in [0.4, 0.5) is 10.4 Å². The van der Waals surface area contributed by atoms with Crippen molar-refractivity contribution in [2.45, 2.75) is 31.2 Å². The van der Waals surface area contributed by atoms with Gasteiger partial charge in [-0.3, -0.25) is 0 Å². The fourth-order valence-electron chi connectivity index (χ4n) is 4.68. The molecule has 0 spiro atoms. The largest absolute Gasteiger partial charge is 0.401 e. The molecule has 0 amide bonds. The van der Waals surface area contributed by atoms with Crippen LogP contribution in [0.2, 0.25) is 0 Å². The molecule has 9 nitrogen and oxygen atoms in total. The molecule has 1 aliphatic carbocycles. The molecule has 1 fully saturated rings. The van der Waals surface area contributed by atoms with Gasteiger partial charge in [-0.05, 0) is 48.6 Å². The maximum Gasteiger partial charge on any atom is 0.319 e. The Morgan fingerprint density at radius 1 is 1.12 bits per heavy atom. The average Bonchev–Trinajstić information content (AvgIpc) is 3.22. The minimum Gasteiger partial charge on any atom is -0.401 e. The van der Waals surface area contributed by atoms with E-state index in [1.54, 1.807) is 6.33 Å². The number of aromatic amines is 1. The summed E-state index contributed by atoms with van der Waals surface area (Å²) in [6.45, 7) is 0.621. The van der Waals surface area contributed by atoms with E-state index in [-0.39, 0.29) is 23.6 Å². The monoisotopic (exact) mass is 442 g/mol. The number of H-pyrrole nitrogens is 1. The van der Waals surface area contributed by atoms with E-state index in [0.717, 1.165) is 29.0 Å². The molecule has 7 rings (SSSR count). The standard InChI is InChI=1S/C23H19FN8O/c24-15-4-1-8-25-19(15)22-28-29-23(33-22)31-10-7-16-20(27-12-26-16)21(31)17-11-18-14(13-5-6-13)3-2-9-32(18)30-17/h1-4,8-9,11-13,21H,5-7,10H2,(H,26,27)/t21-/m0/s1. The first-order valence-electron chi connectivity index (χ1n) is 11.0. The Morgan fingerprint density at radius 3 is 2.94 bits per heavy atom. The van der Waals surface area contributed by atoms with Crippen LogP contribution in [0.25, 0.3) is 17.1 Å². The zero-order valence-corrected chi connectivity index (χ0v) is 17.5. The van der Waals surface area contributed by atoms with Crippen LogP contribution in [0.1, 0.15) is 47.4 Å². The van der Waals surface area contributed by atoms with Crippen LogP contribution in [0.3, 0.4) is 0 Å². The van der Waals surface area contributed by atoms with E-state index in [9.17, 15) is 4.39 Å². The molecule has 1 N–H and O–H groups in total. The Balaban J connectivity index is 1.34. The van der Waals surface area contributed by atoms with E-state index in [1.807, 2.05) is 21.7 Å². The molecule has 5 aromatic rings. The lowest BCUT2D eigenvalue weighted by Gasteiger charge is -2.32. The van der Waals surface area contributed by atoms with Crippen molar-refractivity contribution in [3.63, 3.8) is 0 Å². The topological polar surface area (TPSA) is 101 Å². The van der Waals surface area contributed by atoms with Crippen LogP contribution < -0.4 is 4.90 Å². The highest BCUT2D eigenvalue weighted by Gasteiger charge is 2.37. The van der Waals surface area contributed by atoms with Crippen LogP contribution in [0.5, 0.6) is 0 Å². The first-order valence-corrected chi connectivity index (χ1v) is 11.0. The number of pyridine rings is 2. The maximum atomic E-state index is 14.2. The third-order valence-electron chi connectivity index (χ3n) is 6.40. The van der Waals surface area contributed by atoms with E-state index >= 15 is 0 Å². The first-order chi connectivity index (χ1) is 16.3. The molecule has 5 aromatic heterocycles. The van der Waals surface area contributed by atoms with E-state index in [2.05, 4.69) is 37.3 Å². The molecule has 1 aliphatic heterocycles. The Labute approximate surface area is 187 Å². The maximum absolute atomic E-state index is 14.2. The van der Waals surface area contributed by atoms with Crippen molar-refractivity contribution >= 4 is 11.5 Å². The molecule has 0 unspecified atom stereocenters. The van der Waals surface area contributed by atoms with Crippen LogP contribution >= 0.6 is 0 Å². The Hall–Kier alpha value is -4.08. The van der Waals surface area contributed by atoms with Crippen molar-refractivity contribution in [3.05, 3.63) is 77.5 Å². The zero-order chi connectivity index (χ0) is 21.9. The fourth-order valence-corrected chi connectivity index (χ4v) is 4.68. The molecule has 6 heterocycles. The molecule has 1 atom stereocenters. The molecular weight excluding hydrogens is 423 g/mol. The predicted octanol–water partition coefficient (Wildman–Crippen LogP) is 3.67. The van der Waals surface area contributed by atoms with Crippen molar-refractivity contribution in [3.8, 4) is 11.6 Å². The fraction of sp³-hybridized carbons (Fsp3) is 0.261. The molecule has 0 aromatic carbocycles. The van der Waals surface area contributed by atoms with Gasteiger partial charge in [0.05, 0.1) is 23.2 Å². The normalized spacial score (nSPS) is 18.1. The Morgan fingerprint density at radius 2 is 2.06 bits per heavy atom. The number of rotatable bonds is 4. The SMILES string of the molecule is Fc1cccnc1-c1nnc(N2CCc3[nH]cnc3[C@@H]2c2cc3c(C4CC4)cccn3n2)o1. The number of imidazole rings is 1. The number of anilines is 1. The van der Waals surface area contributed by atoms with Gasteiger partial charge < -0.3 is 14.3 Å². The summed E-state index contributed by atoms with van der Waals surface area (Å²) in [6.07, 6.45) is 8.34. The summed E-state index contributed by atoms with van der Waals surface area (Å²) in [4.78, 5) is 13.9. The van der Waals surface area contributed by atoms with Gasteiger partial charge in [0.15, 0.2) is 11.5 Å². The second-order valence-electron chi connectivity index (χ2n) is 8.47. The van der Waals surface area contributed by atoms with E-state index < -0.39 is 5.82 Å². The van der Waals surface area contributed by atoms with E-state index in [0.29, 0.717) is 12.5 Å². The molecule has 33 heavy (non-hydrogen) atoms. The molecule has 0 bridgehead atoms. The average molecular weight is 442 g/mol. The molecule has 1 saturated carbocycles. The molecule has 2 aliphatic rings. The number of nitrogens with zero attached hydrogens (tertiary/aromatic N) is 7. The lowest BCUT2D eigenvalue weighted by Crippen LogP contribution is -2.36. The predicted molar refractivity (Wildman–Crippen MR) is 116 cm³/mol. The lowest BCUT2D eigenvalue weighted by molar-refractivity contribution is 0.499. The van der Waals surface area contributed by atoms with Crippen LogP contribution in [-0.4, -0.2) is 41.3 Å². The first kappa shape index (κ1) is 18.5. The highest BCUT2D eigenvalue weighted by Crippen LogP contribution is 2.43. The van der Waals surface area contributed by atoms with Gasteiger partial charge in [-0.15, -0.1) is 5.10 Å².